The molecule has 2 nitrogen and oxygen atoms in total. The van der Waals surface area contributed by atoms with Crippen molar-refractivity contribution in [3.05, 3.63) is 96.1 Å². The Morgan fingerprint density at radius 2 is 1.35 bits per heavy atom. The minimum atomic E-state index is -0.243. The van der Waals surface area contributed by atoms with Crippen molar-refractivity contribution < 1.29 is 9.53 Å². The lowest BCUT2D eigenvalue weighted by Crippen LogP contribution is -2.06. The van der Waals surface area contributed by atoms with E-state index in [1.165, 1.54) is 15.4 Å². The monoisotopic (exact) mass is 362 g/mol. The van der Waals surface area contributed by atoms with Gasteiger partial charge < -0.3 is 4.74 Å². The number of carbonyl (C=O) groups is 1. The SMILES string of the molecule is O=C(OCCCCc1ccc(Sc2ccccc2)cc1)c1ccccc1. The van der Waals surface area contributed by atoms with Gasteiger partial charge in [-0.15, -0.1) is 0 Å². The Hall–Kier alpha value is -2.52. The largest absolute Gasteiger partial charge is 0.462 e. The summed E-state index contributed by atoms with van der Waals surface area (Å²) in [5, 5.41) is 0. The average molecular weight is 362 g/mol. The van der Waals surface area contributed by atoms with Crippen LogP contribution in [0.3, 0.4) is 0 Å². The average Bonchev–Trinajstić information content (AvgIpc) is 2.70. The smallest absolute Gasteiger partial charge is 0.338 e. The first-order chi connectivity index (χ1) is 12.8. The summed E-state index contributed by atoms with van der Waals surface area (Å²) in [5.41, 5.74) is 1.93. The van der Waals surface area contributed by atoms with Crippen molar-refractivity contribution in [3.8, 4) is 0 Å². The molecule has 0 aliphatic rings. The molecule has 0 unspecified atom stereocenters. The van der Waals surface area contributed by atoms with Crippen molar-refractivity contribution in [2.24, 2.45) is 0 Å². The fourth-order valence-corrected chi connectivity index (χ4v) is 3.44. The van der Waals surface area contributed by atoms with E-state index in [-0.39, 0.29) is 5.97 Å². The van der Waals surface area contributed by atoms with E-state index in [0.717, 1.165) is 19.3 Å². The molecule has 3 heteroatoms. The van der Waals surface area contributed by atoms with E-state index in [2.05, 4.69) is 48.5 Å². The van der Waals surface area contributed by atoms with Crippen LogP contribution in [0.15, 0.2) is 94.7 Å². The summed E-state index contributed by atoms with van der Waals surface area (Å²) in [5.74, 6) is -0.243. The molecule has 26 heavy (non-hydrogen) atoms. The number of ether oxygens (including phenoxy) is 1. The highest BCUT2D eigenvalue weighted by molar-refractivity contribution is 7.99. The molecule has 0 spiro atoms. The van der Waals surface area contributed by atoms with Crippen LogP contribution in [0.2, 0.25) is 0 Å². The Morgan fingerprint density at radius 3 is 2.04 bits per heavy atom. The normalized spacial score (nSPS) is 10.5. The highest BCUT2D eigenvalue weighted by Gasteiger charge is 2.05. The van der Waals surface area contributed by atoms with Crippen molar-refractivity contribution in [1.82, 2.24) is 0 Å². The van der Waals surface area contributed by atoms with E-state index in [4.69, 9.17) is 4.74 Å². The maximum atomic E-state index is 11.8. The first kappa shape index (κ1) is 18.3. The topological polar surface area (TPSA) is 26.3 Å². The van der Waals surface area contributed by atoms with Crippen molar-refractivity contribution in [2.45, 2.75) is 29.1 Å². The van der Waals surface area contributed by atoms with Crippen molar-refractivity contribution in [1.29, 1.82) is 0 Å². The maximum Gasteiger partial charge on any atom is 0.338 e. The molecule has 0 radical (unpaired) electrons. The molecule has 3 rings (SSSR count). The Morgan fingerprint density at radius 1 is 0.731 bits per heavy atom. The van der Waals surface area contributed by atoms with Gasteiger partial charge in [0, 0.05) is 9.79 Å². The molecule has 0 N–H and O–H groups in total. The summed E-state index contributed by atoms with van der Waals surface area (Å²) in [6, 6.07) is 28.2. The number of hydrogen-bond acceptors (Lipinski definition) is 3. The Kier molecular flexibility index (Phi) is 6.91. The highest BCUT2D eigenvalue weighted by Crippen LogP contribution is 2.27. The van der Waals surface area contributed by atoms with Crippen LogP contribution >= 0.6 is 11.8 Å². The zero-order valence-electron chi connectivity index (χ0n) is 14.6. The van der Waals surface area contributed by atoms with Gasteiger partial charge in [0.05, 0.1) is 12.2 Å². The third-order valence-electron chi connectivity index (χ3n) is 4.00. The first-order valence-electron chi connectivity index (χ1n) is 8.85. The summed E-state index contributed by atoms with van der Waals surface area (Å²) in [6.45, 7) is 0.468. The molecular weight excluding hydrogens is 340 g/mol. The summed E-state index contributed by atoms with van der Waals surface area (Å²) in [7, 11) is 0. The van der Waals surface area contributed by atoms with Gasteiger partial charge in [0.2, 0.25) is 0 Å². The molecule has 0 heterocycles. The summed E-state index contributed by atoms with van der Waals surface area (Å²) in [4.78, 5) is 14.3. The molecule has 3 aromatic rings. The van der Waals surface area contributed by atoms with Crippen LogP contribution in [-0.4, -0.2) is 12.6 Å². The maximum absolute atomic E-state index is 11.8. The van der Waals surface area contributed by atoms with Crippen LogP contribution in [0, 0.1) is 0 Å². The number of esters is 1. The van der Waals surface area contributed by atoms with Crippen molar-refractivity contribution in [2.75, 3.05) is 6.61 Å². The molecule has 3 aromatic carbocycles. The van der Waals surface area contributed by atoms with Crippen LogP contribution < -0.4 is 0 Å². The minimum Gasteiger partial charge on any atom is -0.462 e. The predicted octanol–water partition coefficient (Wildman–Crippen LogP) is 6.02. The van der Waals surface area contributed by atoms with Crippen LogP contribution in [0.4, 0.5) is 0 Å². The van der Waals surface area contributed by atoms with Crippen LogP contribution in [0.25, 0.3) is 0 Å². The zero-order chi connectivity index (χ0) is 18.0. The fourth-order valence-electron chi connectivity index (χ4n) is 2.60. The second-order valence-corrected chi connectivity index (χ2v) is 7.17. The first-order valence-corrected chi connectivity index (χ1v) is 9.67. The molecule has 0 aromatic heterocycles. The molecule has 0 atom stereocenters. The van der Waals surface area contributed by atoms with E-state index >= 15 is 0 Å². The van der Waals surface area contributed by atoms with E-state index in [1.54, 1.807) is 23.9 Å². The van der Waals surface area contributed by atoms with Crippen LogP contribution in [0.5, 0.6) is 0 Å². The number of aryl methyl sites for hydroxylation is 1. The predicted molar refractivity (Wildman–Crippen MR) is 107 cm³/mol. The van der Waals surface area contributed by atoms with Crippen molar-refractivity contribution >= 4 is 17.7 Å². The number of benzene rings is 3. The Bertz CT molecular complexity index is 799. The third-order valence-corrected chi connectivity index (χ3v) is 5.02. The summed E-state index contributed by atoms with van der Waals surface area (Å²) in [6.07, 6.45) is 2.88. The van der Waals surface area contributed by atoms with E-state index in [0.29, 0.717) is 12.2 Å². The molecular formula is C23H22O2S. The van der Waals surface area contributed by atoms with Crippen LogP contribution in [0.1, 0.15) is 28.8 Å². The Labute approximate surface area is 159 Å². The molecule has 0 saturated carbocycles. The highest BCUT2D eigenvalue weighted by atomic mass is 32.2. The second-order valence-electron chi connectivity index (χ2n) is 6.02. The minimum absolute atomic E-state index is 0.243. The summed E-state index contributed by atoms with van der Waals surface area (Å²) >= 11 is 1.77. The van der Waals surface area contributed by atoms with Crippen molar-refractivity contribution in [3.63, 3.8) is 0 Å². The third kappa shape index (κ3) is 5.78. The van der Waals surface area contributed by atoms with Gasteiger partial charge in [0.15, 0.2) is 0 Å². The number of hydrogen-bond donors (Lipinski definition) is 0. The van der Waals surface area contributed by atoms with Crippen LogP contribution in [-0.2, 0) is 11.2 Å². The van der Waals surface area contributed by atoms with Gasteiger partial charge in [-0.25, -0.2) is 4.79 Å². The fraction of sp³-hybridized carbons (Fsp3) is 0.174. The zero-order valence-corrected chi connectivity index (χ0v) is 15.5. The van der Waals surface area contributed by atoms with Gasteiger partial charge in [-0.05, 0) is 61.2 Å². The number of carbonyl (C=O) groups excluding carboxylic acids is 1. The van der Waals surface area contributed by atoms with Gasteiger partial charge in [-0.3, -0.25) is 0 Å². The number of unbranched alkanes of at least 4 members (excludes halogenated alkanes) is 1. The van der Waals surface area contributed by atoms with Gasteiger partial charge in [0.25, 0.3) is 0 Å². The molecule has 0 saturated heterocycles. The molecule has 132 valence electrons. The lowest BCUT2D eigenvalue weighted by atomic mass is 10.1. The van der Waals surface area contributed by atoms with E-state index in [9.17, 15) is 4.79 Å². The lowest BCUT2D eigenvalue weighted by Gasteiger charge is -2.06. The quantitative estimate of drug-likeness (QED) is 0.362. The van der Waals surface area contributed by atoms with E-state index in [1.807, 2.05) is 24.3 Å². The molecule has 0 amide bonds. The lowest BCUT2D eigenvalue weighted by molar-refractivity contribution is 0.0498. The molecule has 0 aliphatic carbocycles. The van der Waals surface area contributed by atoms with E-state index < -0.39 is 0 Å². The van der Waals surface area contributed by atoms with Gasteiger partial charge in [-0.1, -0.05) is 60.3 Å². The molecule has 0 aliphatic heterocycles. The summed E-state index contributed by atoms with van der Waals surface area (Å²) < 4.78 is 5.31. The second kappa shape index (κ2) is 9.83. The Balaban J connectivity index is 1.37. The number of rotatable bonds is 8. The van der Waals surface area contributed by atoms with Gasteiger partial charge in [0.1, 0.15) is 0 Å². The standard InChI is InChI=1S/C23H22O2S/c24-23(20-10-3-1-4-11-20)25-18-8-7-9-19-14-16-22(17-15-19)26-21-12-5-2-6-13-21/h1-6,10-17H,7-9,18H2. The van der Waals surface area contributed by atoms with Gasteiger partial charge in [-0.2, -0.15) is 0 Å². The molecule has 0 fully saturated rings. The van der Waals surface area contributed by atoms with Gasteiger partial charge >= 0.3 is 5.97 Å². The molecule has 0 bridgehead atoms.